The molecule has 5 rings (SSSR count). The summed E-state index contributed by atoms with van der Waals surface area (Å²) < 4.78 is 1.44. The minimum atomic E-state index is -0.287. The Kier molecular flexibility index (Phi) is 3.82. The summed E-state index contributed by atoms with van der Waals surface area (Å²) >= 11 is 1.38. The number of para-hydroxylation sites is 1. The van der Waals surface area contributed by atoms with Gasteiger partial charge >= 0.3 is 0 Å². The van der Waals surface area contributed by atoms with Crippen molar-refractivity contribution in [3.8, 4) is 0 Å². The van der Waals surface area contributed by atoms with Crippen molar-refractivity contribution in [3.63, 3.8) is 0 Å². The predicted octanol–water partition coefficient (Wildman–Crippen LogP) is 3.26. The van der Waals surface area contributed by atoms with Gasteiger partial charge in [-0.05, 0) is 30.4 Å². The summed E-state index contributed by atoms with van der Waals surface area (Å²) in [4.78, 5) is 35.4. The summed E-state index contributed by atoms with van der Waals surface area (Å²) in [5.41, 5.74) is 2.33. The van der Waals surface area contributed by atoms with E-state index in [9.17, 15) is 9.59 Å². The first-order valence-electron chi connectivity index (χ1n) is 9.02. The number of hydrogen-bond donors (Lipinski definition) is 1. The molecule has 4 aromatic rings. The first-order chi connectivity index (χ1) is 13.2. The summed E-state index contributed by atoms with van der Waals surface area (Å²) in [5, 5.41) is 3.05. The lowest BCUT2D eigenvalue weighted by Crippen LogP contribution is -2.40. The molecule has 0 atom stereocenters. The fourth-order valence-electron chi connectivity index (χ4n) is 3.97. The van der Waals surface area contributed by atoms with Gasteiger partial charge in [0.25, 0.3) is 11.5 Å². The van der Waals surface area contributed by atoms with Gasteiger partial charge in [0.2, 0.25) is 0 Å². The van der Waals surface area contributed by atoms with E-state index in [1.807, 2.05) is 6.07 Å². The Bertz CT molecular complexity index is 1200. The molecule has 0 aliphatic carbocycles. The molecule has 0 spiro atoms. The van der Waals surface area contributed by atoms with Crippen molar-refractivity contribution < 1.29 is 4.79 Å². The number of likely N-dealkylation sites (tertiary alicyclic amines) is 1. The van der Waals surface area contributed by atoms with Gasteiger partial charge in [-0.25, -0.2) is 4.98 Å². The lowest BCUT2D eigenvalue weighted by Gasteiger charge is -2.31. The summed E-state index contributed by atoms with van der Waals surface area (Å²) in [7, 11) is 0. The van der Waals surface area contributed by atoms with Gasteiger partial charge in [-0.2, -0.15) is 0 Å². The van der Waals surface area contributed by atoms with Crippen molar-refractivity contribution in [1.29, 1.82) is 0 Å². The SMILES string of the molecule is O=C(c1cnc2sccn2c1=O)N1CCC(c2c[nH]c3ccccc23)CC1. The van der Waals surface area contributed by atoms with Crippen molar-refractivity contribution >= 4 is 33.1 Å². The van der Waals surface area contributed by atoms with Crippen LogP contribution in [-0.4, -0.2) is 38.3 Å². The van der Waals surface area contributed by atoms with Gasteiger partial charge in [0, 0.05) is 48.0 Å². The minimum Gasteiger partial charge on any atom is -0.361 e. The van der Waals surface area contributed by atoms with Gasteiger partial charge in [0.1, 0.15) is 5.56 Å². The van der Waals surface area contributed by atoms with E-state index in [1.54, 1.807) is 16.5 Å². The standard InChI is InChI=1S/C20H18N4O2S/c25-18(16-12-22-20-24(19(16)26)9-10-27-20)23-7-5-13(6-8-23)15-11-21-17-4-2-1-3-14(15)17/h1-4,9-13,21H,5-8H2. The Morgan fingerprint density at radius 3 is 2.89 bits per heavy atom. The van der Waals surface area contributed by atoms with E-state index in [2.05, 4.69) is 34.4 Å². The Balaban J connectivity index is 1.36. The molecule has 1 aliphatic rings. The van der Waals surface area contributed by atoms with Crippen molar-refractivity contribution in [2.24, 2.45) is 0 Å². The number of piperidine rings is 1. The molecule has 1 amide bonds. The van der Waals surface area contributed by atoms with E-state index >= 15 is 0 Å². The van der Waals surface area contributed by atoms with Crippen LogP contribution in [0.1, 0.15) is 34.7 Å². The zero-order valence-electron chi connectivity index (χ0n) is 14.6. The van der Waals surface area contributed by atoms with E-state index in [0.717, 1.165) is 18.4 Å². The third kappa shape index (κ3) is 2.66. The van der Waals surface area contributed by atoms with E-state index in [-0.39, 0.29) is 17.0 Å². The molecule has 1 saturated heterocycles. The smallest absolute Gasteiger partial charge is 0.271 e. The zero-order valence-corrected chi connectivity index (χ0v) is 15.4. The van der Waals surface area contributed by atoms with Crippen LogP contribution in [0, 0.1) is 0 Å². The fourth-order valence-corrected chi connectivity index (χ4v) is 4.64. The quantitative estimate of drug-likeness (QED) is 0.582. The van der Waals surface area contributed by atoms with E-state index in [4.69, 9.17) is 0 Å². The number of thiazole rings is 1. The normalized spacial score (nSPS) is 15.6. The van der Waals surface area contributed by atoms with Crippen LogP contribution in [0.2, 0.25) is 0 Å². The van der Waals surface area contributed by atoms with Crippen LogP contribution in [0.5, 0.6) is 0 Å². The number of H-pyrrole nitrogens is 1. The lowest BCUT2D eigenvalue weighted by molar-refractivity contribution is 0.0711. The number of rotatable bonds is 2. The van der Waals surface area contributed by atoms with Gasteiger partial charge in [0.15, 0.2) is 4.96 Å². The minimum absolute atomic E-state index is 0.149. The predicted molar refractivity (Wildman–Crippen MR) is 106 cm³/mol. The zero-order chi connectivity index (χ0) is 18.4. The highest BCUT2D eigenvalue weighted by atomic mass is 32.1. The maximum Gasteiger partial charge on any atom is 0.271 e. The third-order valence-corrected chi connectivity index (χ3v) is 6.19. The van der Waals surface area contributed by atoms with Crippen molar-refractivity contribution in [2.45, 2.75) is 18.8 Å². The molecular weight excluding hydrogens is 360 g/mol. The molecule has 0 saturated carbocycles. The number of carbonyl (C=O) groups is 1. The number of benzene rings is 1. The molecule has 6 nitrogen and oxygen atoms in total. The van der Waals surface area contributed by atoms with Crippen LogP contribution in [0.4, 0.5) is 0 Å². The molecule has 1 fully saturated rings. The van der Waals surface area contributed by atoms with Gasteiger partial charge in [-0.1, -0.05) is 18.2 Å². The molecule has 27 heavy (non-hydrogen) atoms. The maximum atomic E-state index is 12.9. The van der Waals surface area contributed by atoms with Gasteiger partial charge in [-0.15, -0.1) is 11.3 Å². The number of nitrogens with zero attached hydrogens (tertiary/aromatic N) is 3. The number of nitrogens with one attached hydrogen (secondary N) is 1. The Hall–Kier alpha value is -2.93. The van der Waals surface area contributed by atoms with Gasteiger partial charge in [-0.3, -0.25) is 14.0 Å². The molecule has 136 valence electrons. The van der Waals surface area contributed by atoms with Crippen molar-refractivity contribution in [1.82, 2.24) is 19.3 Å². The Labute approximate surface area is 159 Å². The highest BCUT2D eigenvalue weighted by Gasteiger charge is 2.27. The van der Waals surface area contributed by atoms with Crippen molar-refractivity contribution in [2.75, 3.05) is 13.1 Å². The summed E-state index contributed by atoms with van der Waals surface area (Å²) in [6.45, 7) is 1.30. The molecule has 3 aromatic heterocycles. The van der Waals surface area contributed by atoms with Crippen LogP contribution in [0.25, 0.3) is 15.9 Å². The largest absolute Gasteiger partial charge is 0.361 e. The first kappa shape index (κ1) is 16.3. The number of amides is 1. The van der Waals surface area contributed by atoms with Crippen molar-refractivity contribution in [3.05, 3.63) is 69.7 Å². The number of hydrogen-bond acceptors (Lipinski definition) is 4. The summed E-state index contributed by atoms with van der Waals surface area (Å²) in [6.07, 6.45) is 6.96. The van der Waals surface area contributed by atoms with E-state index in [1.165, 1.54) is 32.9 Å². The number of carbonyl (C=O) groups excluding carboxylic acids is 1. The number of aromatic nitrogens is 3. The molecule has 0 unspecified atom stereocenters. The second-order valence-corrected chi connectivity index (χ2v) is 7.76. The highest BCUT2D eigenvalue weighted by Crippen LogP contribution is 2.33. The summed E-state index contributed by atoms with van der Waals surface area (Å²) in [5.74, 6) is 0.203. The molecule has 1 N–H and O–H groups in total. The molecule has 0 bridgehead atoms. The number of aromatic amines is 1. The first-order valence-corrected chi connectivity index (χ1v) is 9.90. The fraction of sp³-hybridized carbons (Fsp3) is 0.250. The number of fused-ring (bicyclic) bond motifs is 2. The maximum absolute atomic E-state index is 12.9. The molecule has 0 radical (unpaired) electrons. The second kappa shape index (κ2) is 6.35. The molecule has 4 heterocycles. The monoisotopic (exact) mass is 378 g/mol. The Morgan fingerprint density at radius 1 is 1.22 bits per heavy atom. The second-order valence-electron chi connectivity index (χ2n) is 6.89. The third-order valence-electron chi connectivity index (χ3n) is 5.42. The van der Waals surface area contributed by atoms with E-state index < -0.39 is 0 Å². The van der Waals surface area contributed by atoms with E-state index in [0.29, 0.717) is 24.0 Å². The topological polar surface area (TPSA) is 70.5 Å². The average molecular weight is 378 g/mol. The van der Waals surface area contributed by atoms with Crippen LogP contribution >= 0.6 is 11.3 Å². The summed E-state index contributed by atoms with van der Waals surface area (Å²) in [6, 6.07) is 8.31. The average Bonchev–Trinajstić information content (AvgIpc) is 3.35. The van der Waals surface area contributed by atoms with Crippen LogP contribution in [-0.2, 0) is 0 Å². The lowest BCUT2D eigenvalue weighted by atomic mass is 9.89. The van der Waals surface area contributed by atoms with Gasteiger partial charge in [0.05, 0.1) is 0 Å². The Morgan fingerprint density at radius 2 is 2.04 bits per heavy atom. The van der Waals surface area contributed by atoms with Crippen LogP contribution in [0.3, 0.4) is 0 Å². The molecule has 1 aliphatic heterocycles. The van der Waals surface area contributed by atoms with Crippen LogP contribution in [0.15, 0.2) is 53.0 Å². The molecule has 1 aromatic carbocycles. The van der Waals surface area contributed by atoms with Gasteiger partial charge < -0.3 is 9.88 Å². The van der Waals surface area contributed by atoms with Crippen LogP contribution < -0.4 is 5.56 Å². The highest BCUT2D eigenvalue weighted by molar-refractivity contribution is 7.15. The molecular formula is C20H18N4O2S. The molecule has 7 heteroatoms.